The number of carbonyl (C=O) groups excluding carboxylic acids is 5. The Morgan fingerprint density at radius 2 is 1.40 bits per heavy atom. The number of carbonyl (C=O) groups is 5. The van der Waals surface area contributed by atoms with Crippen LogP contribution < -0.4 is 21.0 Å². The molecule has 3 N–H and O–H groups in total. The van der Waals surface area contributed by atoms with Gasteiger partial charge in [-0.3, -0.25) is 19.2 Å². The van der Waals surface area contributed by atoms with Crippen LogP contribution in [0, 0.1) is 0 Å². The van der Waals surface area contributed by atoms with E-state index in [0.29, 0.717) is 57.2 Å². The molecule has 16 nitrogen and oxygen atoms in total. The van der Waals surface area contributed by atoms with Crippen LogP contribution in [0.25, 0.3) is 0 Å². The van der Waals surface area contributed by atoms with E-state index in [1.54, 1.807) is 25.1 Å². The molecular weight excluding hydrogens is 1070 g/mol. The zero-order chi connectivity index (χ0) is 59.4. The number of rotatable bonds is 37. The van der Waals surface area contributed by atoms with Crippen LogP contribution >= 0.6 is 0 Å². The Kier molecular flexibility index (Phi) is 28.8. The first-order chi connectivity index (χ1) is 39.3. The summed E-state index contributed by atoms with van der Waals surface area (Å²) in [6, 6.07) is 24.6. The number of nitrogens with zero attached hydrogens (tertiary/aromatic N) is 3. The minimum Gasteiger partial charge on any atom is -0.507 e. The molecule has 1 saturated heterocycles. The van der Waals surface area contributed by atoms with Crippen molar-refractivity contribution in [3.05, 3.63) is 90.5 Å². The highest BCUT2D eigenvalue weighted by molar-refractivity contribution is 6.99. The van der Waals surface area contributed by atoms with Crippen LogP contribution in [-0.4, -0.2) is 124 Å². The number of nitrogens with one attached hydrogen (secondary N) is 2. The summed E-state index contributed by atoms with van der Waals surface area (Å²) in [6.45, 7) is 18.1. The average Bonchev–Trinajstić information content (AvgIpc) is 3.91. The smallest absolute Gasteiger partial charge is 0.328 e. The van der Waals surface area contributed by atoms with Gasteiger partial charge in [-0.1, -0.05) is 197 Å². The topological polar surface area (TPSA) is 195 Å². The first-order valence-electron chi connectivity index (χ1n) is 30.7. The summed E-state index contributed by atoms with van der Waals surface area (Å²) in [5, 5.41) is 20.7. The van der Waals surface area contributed by atoms with Crippen molar-refractivity contribution in [3.8, 4) is 5.75 Å². The standard InChI is InChI=1S/C64H99N5O11Si2/c1-9-10-11-12-13-14-15-16-17-18-19-20-27-42-59(72)68(78-49-76-45-46-81(6,7)8)43-32-31-40-55(66-60(73)56-48-77-61(67-56)53-38-28-29-41-57(53)70)63(75)79-50(2)47-58(71)65-54-39-30-33-44-69(62(54)74)80-82(64(3,4)5,51-34-23-21-24-35-51)52-36-25-22-26-37-52/h21-26,28-29,34-38,41,50,54-56,70H,9-20,27,30-33,39-40,42-49H2,1-8H3,(H,65,71)(H,66,73)/t50-,54-,55-,56-/m0/s1. The number of hydrogen-bond donors (Lipinski definition) is 3. The van der Waals surface area contributed by atoms with Crippen LogP contribution in [0.15, 0.2) is 89.9 Å². The molecule has 1 fully saturated rings. The third-order valence-electron chi connectivity index (χ3n) is 15.3. The van der Waals surface area contributed by atoms with Crippen molar-refractivity contribution in [2.45, 2.75) is 224 Å². The van der Waals surface area contributed by atoms with Gasteiger partial charge < -0.3 is 34.5 Å². The summed E-state index contributed by atoms with van der Waals surface area (Å²) in [5.74, 6) is -2.22. The lowest BCUT2D eigenvalue weighted by Gasteiger charge is -2.45. The number of ether oxygens (including phenoxy) is 3. The monoisotopic (exact) mass is 1170 g/mol. The molecular formula is C64H99N5O11Si2. The number of aliphatic imine (C=N–C) groups is 1. The van der Waals surface area contributed by atoms with Gasteiger partial charge in [0.1, 0.15) is 30.5 Å². The van der Waals surface area contributed by atoms with Crippen LogP contribution in [0.4, 0.5) is 0 Å². The Labute approximate surface area is 492 Å². The molecule has 4 amide bonds. The molecule has 0 spiro atoms. The van der Waals surface area contributed by atoms with E-state index in [9.17, 15) is 29.1 Å². The molecule has 454 valence electrons. The number of aromatic hydroxyl groups is 1. The maximum atomic E-state index is 14.5. The lowest BCUT2D eigenvalue weighted by Crippen LogP contribution is -2.69. The number of amides is 4. The van der Waals surface area contributed by atoms with Crippen molar-refractivity contribution in [3.63, 3.8) is 0 Å². The Bertz CT molecular complexity index is 2400. The lowest BCUT2D eigenvalue weighted by molar-refractivity contribution is -0.223. The van der Waals surface area contributed by atoms with Crippen LogP contribution in [-0.2, 0) is 47.5 Å². The molecule has 2 aliphatic rings. The predicted molar refractivity (Wildman–Crippen MR) is 329 cm³/mol. The molecule has 0 aliphatic carbocycles. The van der Waals surface area contributed by atoms with Crippen LogP contribution in [0.2, 0.25) is 30.7 Å². The summed E-state index contributed by atoms with van der Waals surface area (Å²) < 4.78 is 24.6. The highest BCUT2D eigenvalue weighted by Gasteiger charge is 2.53. The second-order valence-electron chi connectivity index (χ2n) is 24.6. The van der Waals surface area contributed by atoms with E-state index in [1.807, 2.05) is 36.4 Å². The van der Waals surface area contributed by atoms with Crippen LogP contribution in [0.3, 0.4) is 0 Å². The van der Waals surface area contributed by atoms with E-state index in [4.69, 9.17) is 23.6 Å². The maximum Gasteiger partial charge on any atom is 0.328 e. The quantitative estimate of drug-likeness (QED) is 0.0163. The van der Waals surface area contributed by atoms with E-state index >= 15 is 0 Å². The molecule has 82 heavy (non-hydrogen) atoms. The fraction of sp³-hybridized carbons (Fsp3) is 0.625. The normalized spacial score (nSPS) is 16.6. The average molecular weight is 1170 g/mol. The molecule has 3 aromatic rings. The molecule has 0 aromatic heterocycles. The van der Waals surface area contributed by atoms with Crippen molar-refractivity contribution in [2.24, 2.45) is 4.99 Å². The Morgan fingerprint density at radius 1 is 0.805 bits per heavy atom. The van der Waals surface area contributed by atoms with Crippen molar-refractivity contribution >= 4 is 62.3 Å². The number of phenolic OH excluding ortho intramolecular Hbond substituents is 1. The third kappa shape index (κ3) is 22.3. The van der Waals surface area contributed by atoms with Gasteiger partial charge >= 0.3 is 5.97 Å². The molecule has 2 heterocycles. The Morgan fingerprint density at radius 3 is 2.00 bits per heavy atom. The van der Waals surface area contributed by atoms with Crippen molar-refractivity contribution < 1.29 is 52.7 Å². The van der Waals surface area contributed by atoms with Crippen LogP contribution in [0.1, 0.15) is 175 Å². The van der Waals surface area contributed by atoms with Gasteiger partial charge in [0, 0.05) is 34.2 Å². The summed E-state index contributed by atoms with van der Waals surface area (Å²) in [4.78, 5) is 80.4. The van der Waals surface area contributed by atoms with Gasteiger partial charge in [-0.25, -0.2) is 24.8 Å². The molecule has 2 aliphatic heterocycles. The summed E-state index contributed by atoms with van der Waals surface area (Å²) in [5.41, 5.74) is 0.336. The molecule has 18 heteroatoms. The van der Waals surface area contributed by atoms with Gasteiger partial charge in [0.05, 0.1) is 12.0 Å². The van der Waals surface area contributed by atoms with E-state index in [2.05, 4.69) is 87.2 Å². The number of hydroxylamine groups is 4. The number of phenols is 1. The number of hydrogen-bond acceptors (Lipinski definition) is 12. The minimum absolute atomic E-state index is 0.0508. The zero-order valence-corrected chi connectivity index (χ0v) is 52.9. The predicted octanol–water partition coefficient (Wildman–Crippen LogP) is 11.1. The first kappa shape index (κ1) is 67.4. The summed E-state index contributed by atoms with van der Waals surface area (Å²) >= 11 is 0. The van der Waals surface area contributed by atoms with Crippen molar-refractivity contribution in [1.82, 2.24) is 20.8 Å². The Balaban J connectivity index is 1.21. The lowest BCUT2D eigenvalue weighted by atomic mass is 10.0. The highest BCUT2D eigenvalue weighted by Crippen LogP contribution is 2.38. The SMILES string of the molecule is CCCCCCCCCCCCCCCC(=O)N(CCCC[C@H](NC(=O)[C@@H]1COC(c2ccccc2O)=N1)C(=O)O[C@@H](C)CC(=O)N[C@H]1CCCCN(O[Si](c2ccccc2)(c2ccccc2)C(C)(C)C)C1=O)OCOCC[Si](C)(C)C. The van der Waals surface area contributed by atoms with Gasteiger partial charge in [0.2, 0.25) is 23.6 Å². The molecule has 4 atom stereocenters. The highest BCUT2D eigenvalue weighted by atomic mass is 28.4. The maximum absolute atomic E-state index is 14.5. The summed E-state index contributed by atoms with van der Waals surface area (Å²) in [6.07, 6.45) is 17.6. The van der Waals surface area contributed by atoms with E-state index < -0.39 is 63.4 Å². The van der Waals surface area contributed by atoms with E-state index in [0.717, 1.165) is 35.7 Å². The van der Waals surface area contributed by atoms with E-state index in [1.165, 1.54) is 80.4 Å². The molecule has 0 unspecified atom stereocenters. The second-order valence-corrected chi connectivity index (χ2v) is 34.4. The number of unbranched alkanes of at least 4 members (excludes halogenated alkanes) is 13. The summed E-state index contributed by atoms with van der Waals surface area (Å²) in [7, 11) is -4.51. The van der Waals surface area contributed by atoms with Gasteiger partial charge in [0.25, 0.3) is 14.2 Å². The Hall–Kier alpha value is -5.41. The number of esters is 1. The van der Waals surface area contributed by atoms with Crippen molar-refractivity contribution in [2.75, 3.05) is 33.1 Å². The number of benzene rings is 3. The van der Waals surface area contributed by atoms with Gasteiger partial charge in [-0.15, -0.1) is 0 Å². The van der Waals surface area contributed by atoms with E-state index in [-0.39, 0.29) is 56.2 Å². The van der Waals surface area contributed by atoms with Gasteiger partial charge in [-0.05, 0) is 85.5 Å². The minimum atomic E-state index is -3.17. The van der Waals surface area contributed by atoms with Gasteiger partial charge in [-0.2, -0.15) is 0 Å². The second kappa shape index (κ2) is 35.0. The molecule has 0 bridgehead atoms. The molecule has 5 rings (SSSR count). The largest absolute Gasteiger partial charge is 0.507 e. The van der Waals surface area contributed by atoms with Gasteiger partial charge in [0.15, 0.2) is 12.8 Å². The number of para-hydroxylation sites is 1. The fourth-order valence-electron chi connectivity index (χ4n) is 10.5. The van der Waals surface area contributed by atoms with Crippen molar-refractivity contribution in [1.29, 1.82) is 0 Å². The molecule has 0 saturated carbocycles. The fourth-order valence-corrected chi connectivity index (χ4v) is 15.6. The molecule has 0 radical (unpaired) electrons. The third-order valence-corrected chi connectivity index (χ3v) is 21.9. The molecule has 3 aromatic carbocycles. The first-order valence-corrected chi connectivity index (χ1v) is 36.4. The zero-order valence-electron chi connectivity index (χ0n) is 50.9. The van der Waals surface area contributed by atoms with Crippen LogP contribution in [0.5, 0.6) is 5.75 Å².